The summed E-state index contributed by atoms with van der Waals surface area (Å²) < 4.78 is 32.1. The van der Waals surface area contributed by atoms with Crippen molar-refractivity contribution in [3.05, 3.63) is 70.7 Å². The van der Waals surface area contributed by atoms with Crippen molar-refractivity contribution < 1.29 is 38.0 Å². The first-order chi connectivity index (χ1) is 17.9. The second-order valence-corrected chi connectivity index (χ2v) is 7.69. The van der Waals surface area contributed by atoms with Crippen LogP contribution in [0.4, 0.5) is 0 Å². The van der Waals surface area contributed by atoms with Crippen LogP contribution >= 0.6 is 11.6 Å². The molecule has 0 aliphatic carbocycles. The van der Waals surface area contributed by atoms with Gasteiger partial charge in [-0.05, 0) is 60.2 Å². The smallest absolute Gasteiger partial charge is 0.343 e. The van der Waals surface area contributed by atoms with Crippen molar-refractivity contribution in [2.45, 2.75) is 0 Å². The third-order valence-corrected chi connectivity index (χ3v) is 5.13. The van der Waals surface area contributed by atoms with Crippen molar-refractivity contribution in [3.63, 3.8) is 0 Å². The van der Waals surface area contributed by atoms with Gasteiger partial charge in [-0.25, -0.2) is 10.2 Å². The molecule has 3 aromatic carbocycles. The highest BCUT2D eigenvalue weighted by atomic mass is 35.5. The van der Waals surface area contributed by atoms with Gasteiger partial charge in [0.05, 0.1) is 40.2 Å². The highest BCUT2D eigenvalue weighted by molar-refractivity contribution is 6.30. The fraction of sp³-hybridized carbons (Fsp3) is 0.192. The number of nitrogens with one attached hydrogen (secondary N) is 1. The number of hydrazone groups is 1. The molecule has 3 aromatic rings. The largest absolute Gasteiger partial charge is 0.493 e. The van der Waals surface area contributed by atoms with Gasteiger partial charge < -0.3 is 28.4 Å². The second kappa shape index (κ2) is 13.0. The van der Waals surface area contributed by atoms with Crippen molar-refractivity contribution in [1.29, 1.82) is 0 Å². The summed E-state index contributed by atoms with van der Waals surface area (Å²) in [6.45, 7) is -0.224. The molecule has 0 aliphatic rings. The summed E-state index contributed by atoms with van der Waals surface area (Å²) >= 11 is 5.82. The first-order valence-electron chi connectivity index (χ1n) is 10.8. The fourth-order valence-electron chi connectivity index (χ4n) is 3.10. The molecule has 0 saturated carbocycles. The lowest BCUT2D eigenvalue weighted by molar-refractivity contribution is -0.123. The first-order valence-corrected chi connectivity index (χ1v) is 11.2. The number of amides is 1. The summed E-state index contributed by atoms with van der Waals surface area (Å²) in [7, 11) is 5.80. The number of hydrogen-bond acceptors (Lipinski definition) is 9. The predicted octanol–water partition coefficient (Wildman–Crippen LogP) is 4.12. The van der Waals surface area contributed by atoms with Gasteiger partial charge in [0.15, 0.2) is 29.6 Å². The zero-order valence-electron chi connectivity index (χ0n) is 20.6. The number of nitrogens with zero attached hydrogens (tertiary/aromatic N) is 1. The van der Waals surface area contributed by atoms with E-state index in [1.807, 2.05) is 0 Å². The Hall–Kier alpha value is -4.44. The maximum Gasteiger partial charge on any atom is 0.343 e. The molecular formula is C26H25ClN2O8. The molecule has 0 unspecified atom stereocenters. The molecule has 10 nitrogen and oxygen atoms in total. The van der Waals surface area contributed by atoms with Gasteiger partial charge >= 0.3 is 5.97 Å². The normalized spacial score (nSPS) is 10.5. The van der Waals surface area contributed by atoms with Crippen LogP contribution in [0.15, 0.2) is 59.7 Å². The Kier molecular flexibility index (Phi) is 9.56. The van der Waals surface area contributed by atoms with Gasteiger partial charge in [0.25, 0.3) is 5.91 Å². The summed E-state index contributed by atoms with van der Waals surface area (Å²) in [5.74, 6) is 0.833. The number of halogens is 1. The van der Waals surface area contributed by atoms with Crippen LogP contribution < -0.4 is 33.8 Å². The number of methoxy groups -OCH3 is 4. The average Bonchev–Trinajstić information content (AvgIpc) is 2.92. The van der Waals surface area contributed by atoms with Crippen molar-refractivity contribution >= 4 is 29.7 Å². The van der Waals surface area contributed by atoms with Crippen molar-refractivity contribution in [2.24, 2.45) is 5.10 Å². The Morgan fingerprint density at radius 1 is 0.838 bits per heavy atom. The van der Waals surface area contributed by atoms with Crippen LogP contribution in [0.5, 0.6) is 34.5 Å². The second-order valence-electron chi connectivity index (χ2n) is 7.25. The lowest BCUT2D eigenvalue weighted by Gasteiger charge is -2.14. The molecule has 0 heterocycles. The Morgan fingerprint density at radius 3 is 2.08 bits per heavy atom. The molecule has 0 spiro atoms. The lowest BCUT2D eigenvalue weighted by atomic mass is 10.1. The molecule has 11 heteroatoms. The molecule has 1 N–H and O–H groups in total. The standard InChI is InChI=1S/C26H25ClN2O8/c1-32-21-11-16(14-28-29-24(30)15-36-19-8-6-18(27)7-9-19)5-10-20(21)37-26(31)17-12-22(33-2)25(35-4)23(13-17)34-3/h5-14H,15H2,1-4H3,(H,29,30)/b28-14-. The molecule has 0 saturated heterocycles. The third kappa shape index (κ3) is 7.28. The summed E-state index contributed by atoms with van der Waals surface area (Å²) in [5.41, 5.74) is 3.14. The number of benzene rings is 3. The number of rotatable bonds is 11. The van der Waals surface area contributed by atoms with Crippen LogP contribution in [0, 0.1) is 0 Å². The molecule has 0 fully saturated rings. The van der Waals surface area contributed by atoms with Crippen LogP contribution in [0.25, 0.3) is 0 Å². The van der Waals surface area contributed by atoms with E-state index < -0.39 is 11.9 Å². The van der Waals surface area contributed by atoms with E-state index in [1.165, 1.54) is 46.8 Å². The van der Waals surface area contributed by atoms with Gasteiger partial charge in [-0.15, -0.1) is 0 Å². The monoisotopic (exact) mass is 528 g/mol. The highest BCUT2D eigenvalue weighted by Crippen LogP contribution is 2.38. The quantitative estimate of drug-likeness (QED) is 0.171. The number of carbonyl (C=O) groups is 2. The van der Waals surface area contributed by atoms with E-state index in [4.69, 9.17) is 40.0 Å². The number of carbonyl (C=O) groups excluding carboxylic acids is 2. The molecule has 37 heavy (non-hydrogen) atoms. The number of ether oxygens (including phenoxy) is 6. The van der Waals surface area contributed by atoms with Gasteiger partial charge in [0.1, 0.15) is 5.75 Å². The SMILES string of the molecule is COc1cc(/C=N\NC(=O)COc2ccc(Cl)cc2)ccc1OC(=O)c1cc(OC)c(OC)c(OC)c1. The summed E-state index contributed by atoms with van der Waals surface area (Å²) in [6, 6.07) is 14.4. The zero-order valence-corrected chi connectivity index (χ0v) is 21.3. The minimum absolute atomic E-state index is 0.179. The van der Waals surface area contributed by atoms with Crippen LogP contribution in [0.1, 0.15) is 15.9 Å². The summed E-state index contributed by atoms with van der Waals surface area (Å²) in [4.78, 5) is 24.8. The van der Waals surface area contributed by atoms with Crippen molar-refractivity contribution in [2.75, 3.05) is 35.0 Å². The minimum atomic E-state index is -0.660. The van der Waals surface area contributed by atoms with E-state index in [2.05, 4.69) is 10.5 Å². The van der Waals surface area contributed by atoms with Gasteiger partial charge in [-0.2, -0.15) is 5.10 Å². The maximum atomic E-state index is 12.8. The molecule has 0 atom stereocenters. The predicted molar refractivity (Wildman–Crippen MR) is 137 cm³/mol. The van der Waals surface area contributed by atoms with Gasteiger partial charge in [-0.3, -0.25) is 4.79 Å². The molecule has 194 valence electrons. The van der Waals surface area contributed by atoms with Gasteiger partial charge in [0, 0.05) is 5.02 Å². The van der Waals surface area contributed by atoms with E-state index in [-0.39, 0.29) is 23.7 Å². The van der Waals surface area contributed by atoms with E-state index in [9.17, 15) is 9.59 Å². The fourth-order valence-corrected chi connectivity index (χ4v) is 3.22. The summed E-state index contributed by atoms with van der Waals surface area (Å²) in [5, 5.41) is 4.48. The van der Waals surface area contributed by atoms with Crippen molar-refractivity contribution in [3.8, 4) is 34.5 Å². The van der Waals surface area contributed by atoms with E-state index in [0.29, 0.717) is 33.6 Å². The van der Waals surface area contributed by atoms with Crippen LogP contribution in [0.2, 0.25) is 5.02 Å². The third-order valence-electron chi connectivity index (χ3n) is 4.88. The minimum Gasteiger partial charge on any atom is -0.493 e. The molecule has 1 amide bonds. The Morgan fingerprint density at radius 2 is 1.49 bits per heavy atom. The summed E-state index contributed by atoms with van der Waals surface area (Å²) in [6.07, 6.45) is 1.41. The molecular weight excluding hydrogens is 504 g/mol. The Balaban J connectivity index is 1.64. The van der Waals surface area contributed by atoms with E-state index in [1.54, 1.807) is 42.5 Å². The Labute approximate surface area is 218 Å². The van der Waals surface area contributed by atoms with Crippen LogP contribution in [-0.2, 0) is 4.79 Å². The number of esters is 1. The zero-order chi connectivity index (χ0) is 26.8. The van der Waals surface area contributed by atoms with Gasteiger partial charge in [-0.1, -0.05) is 11.6 Å². The Bertz CT molecular complexity index is 1250. The van der Waals surface area contributed by atoms with Crippen molar-refractivity contribution in [1.82, 2.24) is 5.43 Å². The molecule has 0 aromatic heterocycles. The van der Waals surface area contributed by atoms with E-state index in [0.717, 1.165) is 0 Å². The molecule has 0 aliphatic heterocycles. The first kappa shape index (κ1) is 27.2. The molecule has 3 rings (SSSR count). The maximum absolute atomic E-state index is 12.8. The average molecular weight is 529 g/mol. The van der Waals surface area contributed by atoms with Gasteiger partial charge in [0.2, 0.25) is 5.75 Å². The molecule has 0 bridgehead atoms. The number of hydrogen-bond donors (Lipinski definition) is 1. The molecule has 0 radical (unpaired) electrons. The van der Waals surface area contributed by atoms with E-state index >= 15 is 0 Å². The van der Waals surface area contributed by atoms with Crippen LogP contribution in [0.3, 0.4) is 0 Å². The lowest BCUT2D eigenvalue weighted by Crippen LogP contribution is -2.24. The highest BCUT2D eigenvalue weighted by Gasteiger charge is 2.19. The topological polar surface area (TPSA) is 114 Å². The van der Waals surface area contributed by atoms with Crippen LogP contribution in [-0.4, -0.2) is 53.1 Å².